The molecule has 0 bridgehead atoms. The number of benzene rings is 1. The van der Waals surface area contributed by atoms with Crippen LogP contribution >= 0.6 is 0 Å². The lowest BCUT2D eigenvalue weighted by Gasteiger charge is -2.39. The van der Waals surface area contributed by atoms with E-state index in [1.54, 1.807) is 11.0 Å². The van der Waals surface area contributed by atoms with Crippen molar-refractivity contribution < 1.29 is 23.8 Å². The van der Waals surface area contributed by atoms with Gasteiger partial charge in [-0.1, -0.05) is 12.1 Å². The van der Waals surface area contributed by atoms with Gasteiger partial charge >= 0.3 is 5.97 Å². The molecule has 0 unspecified atom stereocenters. The number of aliphatic carboxylic acids is 1. The maximum absolute atomic E-state index is 13.8. The van der Waals surface area contributed by atoms with Crippen LogP contribution in [0.5, 0.6) is 5.75 Å². The van der Waals surface area contributed by atoms with Gasteiger partial charge < -0.3 is 14.7 Å². The highest BCUT2D eigenvalue weighted by molar-refractivity contribution is 5.81. The average Bonchev–Trinajstić information content (AvgIpc) is 3.10. The maximum Gasteiger partial charge on any atom is 0.348 e. The van der Waals surface area contributed by atoms with Gasteiger partial charge in [0.05, 0.1) is 6.54 Å². The average molecular weight is 350 g/mol. The molecule has 2 aliphatic heterocycles. The van der Waals surface area contributed by atoms with E-state index in [1.807, 2.05) is 0 Å². The first-order chi connectivity index (χ1) is 12.0. The van der Waals surface area contributed by atoms with Crippen LogP contribution in [0.15, 0.2) is 24.3 Å². The fraction of sp³-hybridized carbons (Fsp3) is 0.556. The van der Waals surface area contributed by atoms with Gasteiger partial charge in [0.25, 0.3) is 0 Å². The van der Waals surface area contributed by atoms with E-state index in [0.717, 1.165) is 25.9 Å². The van der Waals surface area contributed by atoms with Gasteiger partial charge in [0, 0.05) is 25.9 Å². The fourth-order valence-electron chi connectivity index (χ4n) is 3.45. The highest BCUT2D eigenvalue weighted by atomic mass is 19.1. The van der Waals surface area contributed by atoms with Crippen molar-refractivity contribution in [2.24, 2.45) is 0 Å². The first-order valence-electron chi connectivity index (χ1n) is 8.67. The Morgan fingerprint density at radius 3 is 2.36 bits per heavy atom. The summed E-state index contributed by atoms with van der Waals surface area (Å²) in [6.07, 6.45) is 2.52. The predicted octanol–water partition coefficient (Wildman–Crippen LogP) is 1.75. The Labute approximate surface area is 146 Å². The second-order valence-electron chi connectivity index (χ2n) is 6.70. The molecule has 2 heterocycles. The van der Waals surface area contributed by atoms with E-state index in [1.165, 1.54) is 18.2 Å². The van der Waals surface area contributed by atoms with Gasteiger partial charge in [-0.25, -0.2) is 9.18 Å². The Morgan fingerprint density at radius 2 is 1.76 bits per heavy atom. The Hall–Kier alpha value is -2.15. The molecule has 136 valence electrons. The Bertz CT molecular complexity index is 638. The number of halogens is 1. The summed E-state index contributed by atoms with van der Waals surface area (Å²) in [5.41, 5.74) is -1.49. The molecule has 7 heteroatoms. The molecule has 0 radical (unpaired) electrons. The minimum Gasteiger partial charge on any atom is -0.478 e. The third-order valence-corrected chi connectivity index (χ3v) is 5.01. The minimum absolute atomic E-state index is 0.0202. The van der Waals surface area contributed by atoms with Crippen molar-refractivity contribution in [3.8, 4) is 5.75 Å². The molecule has 0 atom stereocenters. The van der Waals surface area contributed by atoms with E-state index in [0.29, 0.717) is 19.6 Å². The SMILES string of the molecule is O=C(CN1CCCC1)N1CCC(Oc2ccccc2F)(C(=O)O)CC1. The highest BCUT2D eigenvalue weighted by Gasteiger charge is 2.45. The third-order valence-electron chi connectivity index (χ3n) is 5.01. The monoisotopic (exact) mass is 350 g/mol. The van der Waals surface area contributed by atoms with Gasteiger partial charge in [-0.3, -0.25) is 9.69 Å². The molecule has 0 aliphatic carbocycles. The third kappa shape index (κ3) is 3.92. The number of carbonyl (C=O) groups is 2. The number of carboxylic acids is 1. The van der Waals surface area contributed by atoms with Crippen molar-refractivity contribution in [2.75, 3.05) is 32.7 Å². The van der Waals surface area contributed by atoms with Gasteiger partial charge in [0.1, 0.15) is 0 Å². The van der Waals surface area contributed by atoms with Gasteiger partial charge in [-0.05, 0) is 38.1 Å². The molecule has 0 saturated carbocycles. The van der Waals surface area contributed by atoms with E-state index < -0.39 is 17.4 Å². The zero-order chi connectivity index (χ0) is 17.9. The van der Waals surface area contributed by atoms with Crippen LogP contribution in [0.2, 0.25) is 0 Å². The van der Waals surface area contributed by atoms with Crippen LogP contribution in [-0.2, 0) is 9.59 Å². The van der Waals surface area contributed by atoms with E-state index in [9.17, 15) is 19.1 Å². The van der Waals surface area contributed by atoms with Gasteiger partial charge in [0.15, 0.2) is 11.6 Å². The number of hydrogen-bond acceptors (Lipinski definition) is 4. The summed E-state index contributed by atoms with van der Waals surface area (Å²) in [5.74, 6) is -1.76. The highest BCUT2D eigenvalue weighted by Crippen LogP contribution is 2.31. The summed E-state index contributed by atoms with van der Waals surface area (Å²) in [5, 5.41) is 9.64. The second kappa shape index (κ2) is 7.39. The van der Waals surface area contributed by atoms with Crippen LogP contribution in [-0.4, -0.2) is 65.1 Å². The molecule has 1 N–H and O–H groups in total. The lowest BCUT2D eigenvalue weighted by atomic mass is 9.91. The molecule has 3 rings (SSSR count). The Kier molecular flexibility index (Phi) is 5.22. The Balaban J connectivity index is 1.63. The normalized spacial score (nSPS) is 20.4. The maximum atomic E-state index is 13.8. The number of ether oxygens (including phenoxy) is 1. The first-order valence-corrected chi connectivity index (χ1v) is 8.67. The molecule has 2 aliphatic rings. The number of para-hydroxylation sites is 1. The lowest BCUT2D eigenvalue weighted by Crippen LogP contribution is -2.55. The molecule has 25 heavy (non-hydrogen) atoms. The summed E-state index contributed by atoms with van der Waals surface area (Å²) in [4.78, 5) is 28.0. The summed E-state index contributed by atoms with van der Waals surface area (Å²) in [7, 11) is 0. The number of carbonyl (C=O) groups excluding carboxylic acids is 1. The van der Waals surface area contributed by atoms with Crippen LogP contribution in [0.4, 0.5) is 4.39 Å². The molecule has 6 nitrogen and oxygen atoms in total. The van der Waals surface area contributed by atoms with E-state index in [4.69, 9.17) is 4.74 Å². The summed E-state index contributed by atoms with van der Waals surface area (Å²) < 4.78 is 19.4. The van der Waals surface area contributed by atoms with Crippen LogP contribution in [0.3, 0.4) is 0 Å². The largest absolute Gasteiger partial charge is 0.478 e. The quantitative estimate of drug-likeness (QED) is 0.876. The van der Waals surface area contributed by atoms with Gasteiger partial charge in [-0.15, -0.1) is 0 Å². The van der Waals surface area contributed by atoms with Crippen molar-refractivity contribution in [2.45, 2.75) is 31.3 Å². The van der Waals surface area contributed by atoms with E-state index >= 15 is 0 Å². The number of hydrogen-bond donors (Lipinski definition) is 1. The summed E-state index contributed by atoms with van der Waals surface area (Å²) >= 11 is 0. The fourth-order valence-corrected chi connectivity index (χ4v) is 3.45. The summed E-state index contributed by atoms with van der Waals surface area (Å²) in [6, 6.07) is 5.78. The van der Waals surface area contributed by atoms with Crippen LogP contribution in [0.1, 0.15) is 25.7 Å². The summed E-state index contributed by atoms with van der Waals surface area (Å²) in [6.45, 7) is 2.86. The van der Waals surface area contributed by atoms with Crippen LogP contribution in [0.25, 0.3) is 0 Å². The number of piperidine rings is 1. The number of rotatable bonds is 5. The number of likely N-dealkylation sites (tertiary alicyclic amines) is 2. The van der Waals surface area contributed by atoms with Gasteiger partial charge in [-0.2, -0.15) is 0 Å². The molecule has 1 aromatic rings. The van der Waals surface area contributed by atoms with Crippen molar-refractivity contribution in [3.63, 3.8) is 0 Å². The van der Waals surface area contributed by atoms with Crippen molar-refractivity contribution in [3.05, 3.63) is 30.1 Å². The molecular weight excluding hydrogens is 327 g/mol. The van der Waals surface area contributed by atoms with E-state index in [-0.39, 0.29) is 24.5 Å². The zero-order valence-corrected chi connectivity index (χ0v) is 14.1. The predicted molar refractivity (Wildman–Crippen MR) is 88.9 cm³/mol. The number of carboxylic acid groups (broad SMARTS) is 1. The Morgan fingerprint density at radius 1 is 1.12 bits per heavy atom. The smallest absolute Gasteiger partial charge is 0.348 e. The van der Waals surface area contributed by atoms with Crippen LogP contribution < -0.4 is 4.74 Å². The van der Waals surface area contributed by atoms with Gasteiger partial charge in [0.2, 0.25) is 11.5 Å². The molecule has 0 aromatic heterocycles. The zero-order valence-electron chi connectivity index (χ0n) is 14.1. The molecule has 1 aromatic carbocycles. The minimum atomic E-state index is -1.49. The second-order valence-corrected chi connectivity index (χ2v) is 6.70. The molecule has 2 fully saturated rings. The molecule has 0 spiro atoms. The number of amides is 1. The van der Waals surface area contributed by atoms with Crippen molar-refractivity contribution in [1.82, 2.24) is 9.80 Å². The topological polar surface area (TPSA) is 70.1 Å². The molecular formula is C18H23FN2O4. The van der Waals surface area contributed by atoms with E-state index in [2.05, 4.69) is 4.90 Å². The van der Waals surface area contributed by atoms with Crippen molar-refractivity contribution in [1.29, 1.82) is 0 Å². The number of nitrogens with zero attached hydrogens (tertiary/aromatic N) is 2. The molecule has 1 amide bonds. The first kappa shape index (κ1) is 17.7. The lowest BCUT2D eigenvalue weighted by molar-refractivity contribution is -0.162. The molecule has 2 saturated heterocycles. The standard InChI is InChI=1S/C18H23FN2O4/c19-14-5-1-2-6-15(14)25-18(17(23)24)7-11-21(12-8-18)16(22)13-20-9-3-4-10-20/h1-2,5-6H,3-4,7-13H2,(H,23,24). The van der Waals surface area contributed by atoms with Crippen LogP contribution in [0, 0.1) is 5.82 Å². The van der Waals surface area contributed by atoms with Crippen molar-refractivity contribution >= 4 is 11.9 Å².